The van der Waals surface area contributed by atoms with Crippen molar-refractivity contribution in [2.75, 3.05) is 56.2 Å². The number of nitrogens with two attached hydrogens (primary N) is 3. The highest BCUT2D eigenvalue weighted by molar-refractivity contribution is 8.76. The van der Waals surface area contributed by atoms with Crippen LogP contribution in [0.25, 0.3) is 0 Å². The van der Waals surface area contributed by atoms with E-state index in [4.69, 9.17) is 17.2 Å². The maximum Gasteiger partial charge on any atom is 0.303 e. The van der Waals surface area contributed by atoms with E-state index in [1.54, 1.807) is 47.8 Å². The van der Waals surface area contributed by atoms with Gasteiger partial charge in [-0.2, -0.15) is 11.8 Å². The molecule has 0 aromatic carbocycles. The molecule has 3 saturated heterocycles. The van der Waals surface area contributed by atoms with Gasteiger partial charge in [0.25, 0.3) is 0 Å². The predicted octanol–water partition coefficient (Wildman–Crippen LogP) is -7.49. The van der Waals surface area contributed by atoms with Crippen molar-refractivity contribution in [2.24, 2.45) is 39.9 Å². The van der Waals surface area contributed by atoms with E-state index < -0.39 is 236 Å². The third-order valence-corrected chi connectivity index (χ3v) is 19.3. The van der Waals surface area contributed by atoms with E-state index >= 15 is 0 Å². The molecule has 16 amide bonds. The molecule has 0 unspecified atom stereocenters. The Morgan fingerprint density at radius 1 is 0.495 bits per heavy atom. The van der Waals surface area contributed by atoms with Crippen molar-refractivity contribution >= 4 is 140 Å². The minimum atomic E-state index is -1.95. The molecule has 3 aliphatic heterocycles. The molecule has 0 aromatic heterocycles. The van der Waals surface area contributed by atoms with Crippen LogP contribution in [0.2, 0.25) is 0 Å². The minimum absolute atomic E-state index is 0.0317. The molecule has 3 aliphatic rings. The van der Waals surface area contributed by atoms with E-state index in [1.807, 2.05) is 0 Å². The number of fused-ring (bicyclic) bond motifs is 6. The number of aliphatic hydroxyl groups is 2. The summed E-state index contributed by atoms with van der Waals surface area (Å²) in [6.07, 6.45) is -4.41. The molecule has 0 spiro atoms. The van der Waals surface area contributed by atoms with Crippen molar-refractivity contribution in [3.63, 3.8) is 0 Å². The van der Waals surface area contributed by atoms with E-state index in [-0.39, 0.29) is 87.5 Å². The Bertz CT molecular complexity index is 3130. The molecule has 3 heterocycles. The number of aliphatic carboxylic acids is 1. The Morgan fingerprint density at radius 3 is 1.41 bits per heavy atom. The van der Waals surface area contributed by atoms with Crippen molar-refractivity contribution in [2.45, 2.75) is 211 Å². The number of amides is 16. The molecular formula is C63H105N19O20S3. The largest absolute Gasteiger partial charge is 0.481 e. The molecule has 3 rings (SSSR count). The van der Waals surface area contributed by atoms with E-state index in [0.717, 1.165) is 28.5 Å². The predicted molar refractivity (Wildman–Crippen MR) is 385 cm³/mol. The van der Waals surface area contributed by atoms with Crippen molar-refractivity contribution < 1.29 is 96.8 Å². The number of nitrogens with one attached hydrogen (secondary N) is 14. The van der Waals surface area contributed by atoms with Gasteiger partial charge in [-0.3, -0.25) is 86.5 Å². The van der Waals surface area contributed by atoms with E-state index in [9.17, 15) is 96.8 Å². The highest BCUT2D eigenvalue weighted by atomic mass is 33.1. The van der Waals surface area contributed by atoms with Gasteiger partial charge in [0.05, 0.1) is 38.3 Å². The fraction of sp³-hybridized carbons (Fsp3) is 0.714. The lowest BCUT2D eigenvalue weighted by molar-refractivity contribution is -0.143. The van der Waals surface area contributed by atoms with Crippen molar-refractivity contribution in [3.8, 4) is 0 Å². The molecule has 14 atom stereocenters. The topological polar surface area (TPSA) is 613 Å². The average molecular weight is 1540 g/mol. The number of hydrogen-bond donors (Lipinski definition) is 20. The number of rotatable bonds is 20. The van der Waals surface area contributed by atoms with Gasteiger partial charge in [-0.05, 0) is 101 Å². The summed E-state index contributed by atoms with van der Waals surface area (Å²) in [6, 6.07) is -19.5. The van der Waals surface area contributed by atoms with Crippen LogP contribution >= 0.6 is 33.3 Å². The Kier molecular flexibility index (Phi) is 39.2. The second kappa shape index (κ2) is 45.6. The third kappa shape index (κ3) is 32.6. The average Bonchev–Trinajstić information content (AvgIpc) is 1.73. The summed E-state index contributed by atoms with van der Waals surface area (Å²) in [6.45, 7) is 9.83. The molecule has 0 saturated carbocycles. The van der Waals surface area contributed by atoms with E-state index in [2.05, 4.69) is 79.4 Å². The first-order valence-corrected chi connectivity index (χ1v) is 38.3. The molecule has 23 N–H and O–H groups in total. The zero-order valence-electron chi connectivity index (χ0n) is 60.4. The van der Waals surface area contributed by atoms with Crippen LogP contribution < -0.4 is 91.6 Å². The Morgan fingerprint density at radius 2 is 0.914 bits per heavy atom. The van der Waals surface area contributed by atoms with Crippen LogP contribution in [0, 0.1) is 17.8 Å². The Balaban J connectivity index is 2.39. The lowest BCUT2D eigenvalue weighted by atomic mass is 10.0. The smallest absolute Gasteiger partial charge is 0.303 e. The van der Waals surface area contributed by atoms with Crippen LogP contribution in [0.3, 0.4) is 0 Å². The van der Waals surface area contributed by atoms with Gasteiger partial charge >= 0.3 is 5.97 Å². The molecule has 0 radical (unpaired) electrons. The number of carbonyl (C=O) groups excluding carboxylic acids is 16. The minimum Gasteiger partial charge on any atom is -0.481 e. The number of carbonyl (C=O) groups is 17. The van der Waals surface area contributed by atoms with Crippen LogP contribution in [-0.4, -0.2) is 268 Å². The summed E-state index contributed by atoms with van der Waals surface area (Å²) in [5, 5.41) is 65.7. The molecule has 42 heteroatoms. The van der Waals surface area contributed by atoms with Gasteiger partial charge in [0.2, 0.25) is 94.5 Å². The number of nitrogens with zero attached hydrogens (tertiary/aromatic N) is 2. The summed E-state index contributed by atoms with van der Waals surface area (Å²) in [5.41, 5.74) is 16.6. The number of carboxylic acid groups (broad SMARTS) is 1. The Labute approximate surface area is 620 Å². The summed E-state index contributed by atoms with van der Waals surface area (Å²) in [4.78, 5) is 243. The summed E-state index contributed by atoms with van der Waals surface area (Å²) in [5.74, 6) is -20.3. The van der Waals surface area contributed by atoms with E-state index in [0.29, 0.717) is 6.42 Å². The first kappa shape index (κ1) is 90.4. The number of carboxylic acids is 1. The zero-order valence-corrected chi connectivity index (χ0v) is 62.8. The van der Waals surface area contributed by atoms with Crippen LogP contribution in [0.1, 0.15) is 126 Å². The van der Waals surface area contributed by atoms with Crippen molar-refractivity contribution in [3.05, 3.63) is 0 Å². The molecule has 39 nitrogen and oxygen atoms in total. The maximum atomic E-state index is 14.9. The number of aliphatic imine (C=N–C) groups is 1. The van der Waals surface area contributed by atoms with Gasteiger partial charge < -0.3 is 112 Å². The maximum absolute atomic E-state index is 14.9. The van der Waals surface area contributed by atoms with E-state index in [1.165, 1.54) is 23.6 Å². The highest BCUT2D eigenvalue weighted by Crippen LogP contribution is 2.25. The fourth-order valence-electron chi connectivity index (χ4n) is 11.0. The van der Waals surface area contributed by atoms with Gasteiger partial charge in [-0.1, -0.05) is 63.1 Å². The normalized spacial score (nSPS) is 26.7. The number of hydrogen-bond acceptors (Lipinski definition) is 23. The zero-order chi connectivity index (χ0) is 78.9. The molecule has 590 valence electrons. The lowest BCUT2D eigenvalue weighted by Crippen LogP contribution is -2.61. The summed E-state index contributed by atoms with van der Waals surface area (Å²) >= 11 is 1.22. The van der Waals surface area contributed by atoms with Gasteiger partial charge in [0.1, 0.15) is 72.5 Å². The summed E-state index contributed by atoms with van der Waals surface area (Å²) < 4.78 is 0. The molecule has 2 bridgehead atoms. The van der Waals surface area contributed by atoms with Crippen LogP contribution in [0.15, 0.2) is 4.99 Å². The number of thioether (sulfide) groups is 1. The first-order valence-electron chi connectivity index (χ1n) is 34.4. The van der Waals surface area contributed by atoms with Gasteiger partial charge in [0, 0.05) is 31.0 Å². The second-order valence-electron chi connectivity index (χ2n) is 26.8. The van der Waals surface area contributed by atoms with Crippen molar-refractivity contribution in [1.82, 2.24) is 79.3 Å². The van der Waals surface area contributed by atoms with Crippen LogP contribution in [0.4, 0.5) is 0 Å². The molecule has 0 aromatic rings. The fourth-order valence-corrected chi connectivity index (χ4v) is 13.8. The molecule has 3 fully saturated rings. The van der Waals surface area contributed by atoms with Crippen molar-refractivity contribution in [1.29, 1.82) is 0 Å². The van der Waals surface area contributed by atoms with Gasteiger partial charge in [0.15, 0.2) is 5.96 Å². The van der Waals surface area contributed by atoms with Gasteiger partial charge in [-0.15, -0.1) is 0 Å². The van der Waals surface area contributed by atoms with Crippen LogP contribution in [-0.2, 0) is 81.5 Å². The SMILES string of the molecule is CSCC[C@@H]1NC(=O)[C@H]2CSSC[C@H](NC(=O)[C@H](CCCN=C(N)N)NC(=O)[C@H](CCC(=O)O)NC(=O)[C@H]([C@@H](C)O)NC(=O)CNC(=O)[C@H](CC(N)=O)NC1=O)C(=O)N[C@@H](CC(C)C)C(=O)NCC(=O)N[C@@H](CC(C)C)C(=O)N1CCC[C@H]1C(=O)N[C@@H]([C@@H](C)O)C(=O)N[C@@H](CC(C)C)C(=O)NCC(=O)N2. The molecule has 0 aliphatic carbocycles. The highest BCUT2D eigenvalue weighted by Gasteiger charge is 2.42. The standard InChI is InChI=1S/C63H105N19O20S3/c1-29(2)20-37-51(91)68-24-45(86)71-40(22-31(5)6)62(102)82-18-11-13-43(82)59(99)81-50(33(8)84)61(101)78-38(21-30(3)4)52(92)69-25-46(87)72-41-27-104-105-28-42(58(98)76-37)79-54(94)34(12-10-17-67-63(65)66)73-55(95)35(14-15-48(89)90)75-60(100)49(32(7)83)80-47(88)26-70-53(93)39(23-44(64)85)77-56(96)36(16-19-103-9)74-57(41)97/h29-43,49-50,83-84H,10-28H2,1-9H3,(H2,64,85)(H,68,91)(H,69,92)(H,70,93)(H,71,86)(H,72,87)(H,73,95)(H,74,97)(H,75,100)(H,76,98)(H,77,96)(H,78,101)(H,79,94)(H,80,88)(H,81,99)(H,89,90)(H4,65,66,67)/t32-,33-,34+,35+,36+,37+,38+,39+,40+,41-,42+,43+,49+,50+/m1/s1. The number of guanidine groups is 1. The second-order valence-corrected chi connectivity index (χ2v) is 30.4. The quantitative estimate of drug-likeness (QED) is 0.0233. The molecule has 105 heavy (non-hydrogen) atoms. The first-order chi connectivity index (χ1) is 49.3. The molecular weight excluding hydrogens is 1440 g/mol. The Hall–Kier alpha value is -8.77. The lowest BCUT2D eigenvalue weighted by Gasteiger charge is -2.31. The monoisotopic (exact) mass is 1540 g/mol. The number of primary amides is 1. The van der Waals surface area contributed by atoms with Gasteiger partial charge in [-0.25, -0.2) is 0 Å². The number of aliphatic hydroxyl groups excluding tert-OH is 2. The third-order valence-electron chi connectivity index (χ3n) is 16.3. The summed E-state index contributed by atoms with van der Waals surface area (Å²) in [7, 11) is 1.58. The van der Waals surface area contributed by atoms with Crippen LogP contribution in [0.5, 0.6) is 0 Å².